The fourth-order valence-electron chi connectivity index (χ4n) is 1.63. The summed E-state index contributed by atoms with van der Waals surface area (Å²) in [6.45, 7) is 5.13. The molecule has 0 spiro atoms. The van der Waals surface area contributed by atoms with Gasteiger partial charge in [0.1, 0.15) is 5.82 Å². The maximum Gasteiger partial charge on any atom is 0.122 e. The van der Waals surface area contributed by atoms with Crippen LogP contribution in [0, 0.1) is 6.92 Å². The van der Waals surface area contributed by atoms with E-state index in [1.54, 1.807) is 0 Å². The molecule has 3 nitrogen and oxygen atoms in total. The summed E-state index contributed by atoms with van der Waals surface area (Å²) >= 11 is 0. The van der Waals surface area contributed by atoms with E-state index in [0.717, 1.165) is 18.8 Å². The summed E-state index contributed by atoms with van der Waals surface area (Å²) < 4.78 is 2.20. The van der Waals surface area contributed by atoms with Gasteiger partial charge in [-0.05, 0) is 20.4 Å². The highest BCUT2D eigenvalue weighted by Gasteiger charge is 2.08. The van der Waals surface area contributed by atoms with Gasteiger partial charge in [-0.1, -0.05) is 13.3 Å². The van der Waals surface area contributed by atoms with Crippen molar-refractivity contribution in [1.82, 2.24) is 14.9 Å². The third-order valence-corrected chi connectivity index (χ3v) is 2.33. The Labute approximate surface area is 80.2 Å². The topological polar surface area (TPSA) is 29.9 Å². The highest BCUT2D eigenvalue weighted by molar-refractivity contribution is 5.15. The Hall–Kier alpha value is -0.830. The third kappa shape index (κ3) is 2.10. The quantitative estimate of drug-likeness (QED) is 0.761. The Bertz CT molecular complexity index is 276. The zero-order chi connectivity index (χ0) is 9.84. The second-order valence-electron chi connectivity index (χ2n) is 3.40. The number of nitrogens with zero attached hydrogens (tertiary/aromatic N) is 2. The van der Waals surface area contributed by atoms with Gasteiger partial charge in [0.05, 0.1) is 12.2 Å². The first-order valence-electron chi connectivity index (χ1n) is 4.86. The standard InChI is InChI=1S/C10H19N3/c1-5-6-9-8(2)12-10(7-11-3)13(9)4/h11H,5-7H2,1-4H3. The largest absolute Gasteiger partial charge is 0.334 e. The van der Waals surface area contributed by atoms with Gasteiger partial charge >= 0.3 is 0 Å². The fourth-order valence-corrected chi connectivity index (χ4v) is 1.63. The number of hydrogen-bond acceptors (Lipinski definition) is 2. The van der Waals surface area contributed by atoms with Gasteiger partial charge in [0.2, 0.25) is 0 Å². The molecule has 1 N–H and O–H groups in total. The molecular formula is C10H19N3. The van der Waals surface area contributed by atoms with E-state index in [9.17, 15) is 0 Å². The second kappa shape index (κ2) is 4.42. The van der Waals surface area contributed by atoms with Crippen LogP contribution >= 0.6 is 0 Å². The zero-order valence-electron chi connectivity index (χ0n) is 9.02. The molecule has 0 aliphatic heterocycles. The van der Waals surface area contributed by atoms with Gasteiger partial charge in [0.15, 0.2) is 0 Å². The van der Waals surface area contributed by atoms with E-state index in [4.69, 9.17) is 0 Å². The Morgan fingerprint density at radius 2 is 2.15 bits per heavy atom. The van der Waals surface area contributed by atoms with Gasteiger partial charge in [-0.2, -0.15) is 0 Å². The average Bonchev–Trinajstić information content (AvgIpc) is 2.34. The lowest BCUT2D eigenvalue weighted by atomic mass is 10.2. The number of rotatable bonds is 4. The van der Waals surface area contributed by atoms with E-state index < -0.39 is 0 Å². The van der Waals surface area contributed by atoms with Crippen molar-refractivity contribution in [1.29, 1.82) is 0 Å². The predicted octanol–water partition coefficient (Wildman–Crippen LogP) is 1.40. The Morgan fingerprint density at radius 1 is 1.46 bits per heavy atom. The van der Waals surface area contributed by atoms with Gasteiger partial charge < -0.3 is 9.88 Å². The van der Waals surface area contributed by atoms with E-state index in [1.807, 2.05) is 7.05 Å². The highest BCUT2D eigenvalue weighted by Crippen LogP contribution is 2.11. The lowest BCUT2D eigenvalue weighted by Gasteiger charge is -2.04. The second-order valence-corrected chi connectivity index (χ2v) is 3.40. The molecular weight excluding hydrogens is 162 g/mol. The third-order valence-electron chi connectivity index (χ3n) is 2.33. The lowest BCUT2D eigenvalue weighted by Crippen LogP contribution is -2.11. The molecule has 0 aliphatic rings. The van der Waals surface area contributed by atoms with Crippen LogP contribution in [-0.4, -0.2) is 16.6 Å². The fraction of sp³-hybridized carbons (Fsp3) is 0.700. The summed E-state index contributed by atoms with van der Waals surface area (Å²) in [4.78, 5) is 4.52. The minimum Gasteiger partial charge on any atom is -0.334 e. The van der Waals surface area contributed by atoms with Crippen LogP contribution in [0.3, 0.4) is 0 Å². The lowest BCUT2D eigenvalue weighted by molar-refractivity contribution is 0.684. The monoisotopic (exact) mass is 181 g/mol. The van der Waals surface area contributed by atoms with Crippen LogP contribution in [0.2, 0.25) is 0 Å². The Morgan fingerprint density at radius 3 is 2.69 bits per heavy atom. The average molecular weight is 181 g/mol. The molecule has 0 radical (unpaired) electrons. The molecule has 1 aromatic rings. The molecule has 0 saturated carbocycles. The summed E-state index contributed by atoms with van der Waals surface area (Å²) in [6.07, 6.45) is 2.30. The van der Waals surface area contributed by atoms with Crippen LogP contribution in [0.4, 0.5) is 0 Å². The molecule has 1 rings (SSSR count). The molecule has 0 aromatic carbocycles. The van der Waals surface area contributed by atoms with Gasteiger partial charge in [-0.15, -0.1) is 0 Å². The molecule has 13 heavy (non-hydrogen) atoms. The van der Waals surface area contributed by atoms with Crippen molar-refractivity contribution in [3.63, 3.8) is 0 Å². The van der Waals surface area contributed by atoms with Crippen molar-refractivity contribution in [3.8, 4) is 0 Å². The van der Waals surface area contributed by atoms with Crippen LogP contribution in [-0.2, 0) is 20.0 Å². The Balaban J connectivity index is 2.92. The van der Waals surface area contributed by atoms with Crippen LogP contribution in [0.5, 0.6) is 0 Å². The summed E-state index contributed by atoms with van der Waals surface area (Å²) in [5, 5.41) is 3.12. The van der Waals surface area contributed by atoms with Crippen molar-refractivity contribution in [2.45, 2.75) is 33.2 Å². The normalized spacial score (nSPS) is 10.8. The van der Waals surface area contributed by atoms with Gasteiger partial charge in [0, 0.05) is 12.7 Å². The summed E-state index contributed by atoms with van der Waals surface area (Å²) in [5.41, 5.74) is 2.54. The van der Waals surface area contributed by atoms with E-state index in [-0.39, 0.29) is 0 Å². The first-order chi connectivity index (χ1) is 6.20. The molecule has 0 amide bonds. The first kappa shape index (κ1) is 10.3. The SMILES string of the molecule is CCCc1c(C)nc(CNC)n1C. The molecule has 74 valence electrons. The highest BCUT2D eigenvalue weighted by atomic mass is 15.1. The molecule has 0 unspecified atom stereocenters. The molecule has 1 aromatic heterocycles. The van der Waals surface area contributed by atoms with Crippen LogP contribution in [0.1, 0.15) is 30.6 Å². The minimum atomic E-state index is 0.848. The maximum atomic E-state index is 4.52. The summed E-state index contributed by atoms with van der Waals surface area (Å²) in [6, 6.07) is 0. The molecule has 0 aliphatic carbocycles. The molecule has 1 heterocycles. The maximum absolute atomic E-state index is 4.52. The first-order valence-corrected chi connectivity index (χ1v) is 4.86. The van der Waals surface area contributed by atoms with Crippen molar-refractivity contribution in [2.24, 2.45) is 7.05 Å². The van der Waals surface area contributed by atoms with Gasteiger partial charge in [-0.3, -0.25) is 0 Å². The van der Waals surface area contributed by atoms with Crippen molar-refractivity contribution < 1.29 is 0 Å². The van der Waals surface area contributed by atoms with Crippen LogP contribution in [0.25, 0.3) is 0 Å². The number of hydrogen-bond donors (Lipinski definition) is 1. The predicted molar refractivity (Wildman–Crippen MR) is 54.7 cm³/mol. The van der Waals surface area contributed by atoms with E-state index >= 15 is 0 Å². The molecule has 0 fully saturated rings. The zero-order valence-corrected chi connectivity index (χ0v) is 9.02. The molecule has 0 atom stereocenters. The number of imidazole rings is 1. The minimum absolute atomic E-state index is 0.848. The van der Waals surface area contributed by atoms with Crippen molar-refractivity contribution in [3.05, 3.63) is 17.2 Å². The Kier molecular flexibility index (Phi) is 3.48. The van der Waals surface area contributed by atoms with Gasteiger partial charge in [0.25, 0.3) is 0 Å². The molecule has 0 bridgehead atoms. The van der Waals surface area contributed by atoms with E-state index in [0.29, 0.717) is 0 Å². The molecule has 0 saturated heterocycles. The summed E-state index contributed by atoms with van der Waals surface area (Å²) in [5.74, 6) is 1.13. The van der Waals surface area contributed by atoms with Crippen LogP contribution in [0.15, 0.2) is 0 Å². The smallest absolute Gasteiger partial charge is 0.122 e. The van der Waals surface area contributed by atoms with Crippen LogP contribution < -0.4 is 5.32 Å². The number of nitrogens with one attached hydrogen (secondary N) is 1. The number of aromatic nitrogens is 2. The number of aryl methyl sites for hydroxylation is 1. The molecule has 3 heteroatoms. The summed E-state index contributed by atoms with van der Waals surface area (Å²) in [7, 11) is 4.04. The van der Waals surface area contributed by atoms with Crippen molar-refractivity contribution >= 4 is 0 Å². The van der Waals surface area contributed by atoms with E-state index in [2.05, 4.69) is 35.8 Å². The van der Waals surface area contributed by atoms with Crippen molar-refractivity contribution in [2.75, 3.05) is 7.05 Å². The van der Waals surface area contributed by atoms with Gasteiger partial charge in [-0.25, -0.2) is 4.98 Å². The van der Waals surface area contributed by atoms with E-state index in [1.165, 1.54) is 17.8 Å².